The SMILES string of the molecule is CN1C[C@H](O)C[C@H]1CO[Si](C)(C)C(C)(C)C. The number of rotatable bonds is 3. The second-order valence-electron chi connectivity index (χ2n) is 6.55. The summed E-state index contributed by atoms with van der Waals surface area (Å²) in [4.78, 5) is 2.21. The number of likely N-dealkylation sites (tertiary alicyclic amines) is 1. The van der Waals surface area contributed by atoms with Crippen molar-refractivity contribution in [2.45, 2.75) is 57.5 Å². The zero-order valence-electron chi connectivity index (χ0n) is 11.6. The number of hydrogen-bond donors (Lipinski definition) is 1. The highest BCUT2D eigenvalue weighted by Gasteiger charge is 2.38. The van der Waals surface area contributed by atoms with Crippen molar-refractivity contribution in [3.8, 4) is 0 Å². The average molecular weight is 245 g/mol. The summed E-state index contributed by atoms with van der Waals surface area (Å²) in [5.74, 6) is 0. The summed E-state index contributed by atoms with van der Waals surface area (Å²) < 4.78 is 6.18. The van der Waals surface area contributed by atoms with E-state index in [4.69, 9.17) is 4.43 Å². The summed E-state index contributed by atoms with van der Waals surface area (Å²) in [6.07, 6.45) is 0.684. The molecular formula is C12H27NO2Si. The Morgan fingerprint density at radius 3 is 2.31 bits per heavy atom. The molecule has 96 valence electrons. The van der Waals surface area contributed by atoms with Crippen LogP contribution < -0.4 is 0 Å². The Bertz CT molecular complexity index is 238. The maximum Gasteiger partial charge on any atom is 0.192 e. The van der Waals surface area contributed by atoms with E-state index in [-0.39, 0.29) is 11.1 Å². The predicted octanol–water partition coefficient (Wildman–Crippen LogP) is 2.07. The van der Waals surface area contributed by atoms with Gasteiger partial charge in [0.2, 0.25) is 0 Å². The van der Waals surface area contributed by atoms with E-state index < -0.39 is 8.32 Å². The minimum Gasteiger partial charge on any atom is -0.415 e. The topological polar surface area (TPSA) is 32.7 Å². The first kappa shape index (κ1) is 14.2. The first-order chi connectivity index (χ1) is 7.13. The summed E-state index contributed by atoms with van der Waals surface area (Å²) in [6.45, 7) is 12.9. The van der Waals surface area contributed by atoms with Gasteiger partial charge in [-0.2, -0.15) is 0 Å². The molecule has 1 aliphatic rings. The lowest BCUT2D eigenvalue weighted by molar-refractivity contribution is 0.181. The maximum atomic E-state index is 9.57. The Hall–Kier alpha value is 0.0969. The monoisotopic (exact) mass is 245 g/mol. The lowest BCUT2D eigenvalue weighted by atomic mass is 10.2. The molecule has 0 aromatic heterocycles. The van der Waals surface area contributed by atoms with Crippen LogP contribution in [0.2, 0.25) is 18.1 Å². The van der Waals surface area contributed by atoms with Gasteiger partial charge in [-0.15, -0.1) is 0 Å². The van der Waals surface area contributed by atoms with Gasteiger partial charge in [0.25, 0.3) is 0 Å². The summed E-state index contributed by atoms with van der Waals surface area (Å²) in [5, 5.41) is 9.84. The van der Waals surface area contributed by atoms with E-state index >= 15 is 0 Å². The highest BCUT2D eigenvalue weighted by molar-refractivity contribution is 6.74. The van der Waals surface area contributed by atoms with Gasteiger partial charge < -0.3 is 9.53 Å². The lowest BCUT2D eigenvalue weighted by Gasteiger charge is -2.37. The molecule has 16 heavy (non-hydrogen) atoms. The van der Waals surface area contributed by atoms with E-state index in [0.717, 1.165) is 19.6 Å². The Morgan fingerprint density at radius 1 is 1.38 bits per heavy atom. The first-order valence-electron chi connectivity index (χ1n) is 6.16. The van der Waals surface area contributed by atoms with E-state index in [1.165, 1.54) is 0 Å². The highest BCUT2D eigenvalue weighted by Crippen LogP contribution is 2.37. The molecule has 0 bridgehead atoms. The number of aliphatic hydroxyl groups excluding tert-OH is 1. The molecule has 0 radical (unpaired) electrons. The third-order valence-electron chi connectivity index (χ3n) is 4.11. The van der Waals surface area contributed by atoms with Crippen molar-refractivity contribution < 1.29 is 9.53 Å². The molecule has 0 saturated carbocycles. The molecular weight excluding hydrogens is 218 g/mol. The van der Waals surface area contributed by atoms with Crippen LogP contribution in [0.15, 0.2) is 0 Å². The smallest absolute Gasteiger partial charge is 0.192 e. The Labute approximate surface area is 101 Å². The molecule has 0 spiro atoms. The molecule has 2 atom stereocenters. The second kappa shape index (κ2) is 4.76. The number of hydrogen-bond acceptors (Lipinski definition) is 3. The minimum absolute atomic E-state index is 0.169. The standard InChI is InChI=1S/C12H27NO2Si/c1-12(2,3)16(5,6)15-9-10-7-11(14)8-13(10)4/h10-11,14H,7-9H2,1-6H3/t10-,11+/m0/s1. The molecule has 4 heteroatoms. The lowest BCUT2D eigenvalue weighted by Crippen LogP contribution is -2.44. The largest absolute Gasteiger partial charge is 0.415 e. The molecule has 0 unspecified atom stereocenters. The van der Waals surface area contributed by atoms with E-state index in [0.29, 0.717) is 6.04 Å². The van der Waals surface area contributed by atoms with E-state index in [2.05, 4.69) is 45.8 Å². The summed E-state index contributed by atoms with van der Waals surface area (Å²) >= 11 is 0. The van der Waals surface area contributed by atoms with Crippen molar-refractivity contribution in [2.24, 2.45) is 0 Å². The van der Waals surface area contributed by atoms with Crippen LogP contribution in [-0.2, 0) is 4.43 Å². The third-order valence-corrected chi connectivity index (χ3v) is 8.61. The van der Waals surface area contributed by atoms with Crippen LogP contribution in [0.5, 0.6) is 0 Å². The molecule has 0 aromatic rings. The van der Waals surface area contributed by atoms with Gasteiger partial charge >= 0.3 is 0 Å². The molecule has 1 heterocycles. The van der Waals surface area contributed by atoms with Crippen LogP contribution in [0.4, 0.5) is 0 Å². The van der Waals surface area contributed by atoms with Crippen LogP contribution >= 0.6 is 0 Å². The highest BCUT2D eigenvalue weighted by atomic mass is 28.4. The fourth-order valence-corrected chi connectivity index (χ4v) is 2.81. The van der Waals surface area contributed by atoms with Gasteiger partial charge in [-0.3, -0.25) is 4.90 Å². The molecule has 1 fully saturated rings. The van der Waals surface area contributed by atoms with E-state index in [1.54, 1.807) is 0 Å². The summed E-state index contributed by atoms with van der Waals surface area (Å²) in [6, 6.07) is 0.393. The van der Waals surface area contributed by atoms with Gasteiger partial charge in [-0.05, 0) is 31.6 Å². The van der Waals surface area contributed by atoms with E-state index in [1.807, 2.05) is 0 Å². The summed E-state index contributed by atoms with van der Waals surface area (Å²) in [7, 11) is 0.433. The van der Waals surface area contributed by atoms with Gasteiger partial charge in [0.05, 0.1) is 6.10 Å². The normalized spacial score (nSPS) is 28.7. The fourth-order valence-electron chi connectivity index (χ4n) is 1.77. The number of β-amino-alcohol motifs (C(OH)–C–C–N with tert-alkyl or cyclic N) is 1. The average Bonchev–Trinajstić information content (AvgIpc) is 2.39. The molecule has 3 nitrogen and oxygen atoms in total. The molecule has 1 rings (SSSR count). The third kappa shape index (κ3) is 3.29. The molecule has 0 amide bonds. The molecule has 1 N–H and O–H groups in total. The van der Waals surface area contributed by atoms with Crippen molar-refractivity contribution in [1.82, 2.24) is 4.90 Å². The first-order valence-corrected chi connectivity index (χ1v) is 9.06. The Morgan fingerprint density at radius 2 is 1.94 bits per heavy atom. The minimum atomic E-state index is -1.63. The van der Waals surface area contributed by atoms with Crippen LogP contribution in [0, 0.1) is 0 Å². The molecule has 0 aliphatic carbocycles. The van der Waals surface area contributed by atoms with Gasteiger partial charge in [0, 0.05) is 19.2 Å². The van der Waals surface area contributed by atoms with Crippen molar-refractivity contribution >= 4 is 8.32 Å². The predicted molar refractivity (Wildman–Crippen MR) is 70.2 cm³/mol. The van der Waals surface area contributed by atoms with Crippen molar-refractivity contribution in [2.75, 3.05) is 20.2 Å². The van der Waals surface area contributed by atoms with Crippen LogP contribution in [0.3, 0.4) is 0 Å². The van der Waals surface area contributed by atoms with Crippen molar-refractivity contribution in [3.63, 3.8) is 0 Å². The van der Waals surface area contributed by atoms with Gasteiger partial charge in [0.1, 0.15) is 0 Å². The molecule has 1 saturated heterocycles. The Balaban J connectivity index is 2.46. The Kier molecular flexibility index (Phi) is 4.22. The number of nitrogens with zero attached hydrogens (tertiary/aromatic N) is 1. The number of aliphatic hydroxyl groups is 1. The van der Waals surface area contributed by atoms with Crippen molar-refractivity contribution in [1.29, 1.82) is 0 Å². The van der Waals surface area contributed by atoms with Crippen LogP contribution in [0.25, 0.3) is 0 Å². The quantitative estimate of drug-likeness (QED) is 0.773. The van der Waals surface area contributed by atoms with E-state index in [9.17, 15) is 5.11 Å². The fraction of sp³-hybridized carbons (Fsp3) is 1.00. The maximum absolute atomic E-state index is 9.57. The zero-order valence-corrected chi connectivity index (χ0v) is 12.6. The second-order valence-corrected chi connectivity index (χ2v) is 11.4. The summed E-state index contributed by atoms with van der Waals surface area (Å²) in [5.41, 5.74) is 0. The van der Waals surface area contributed by atoms with Gasteiger partial charge in [-0.1, -0.05) is 20.8 Å². The van der Waals surface area contributed by atoms with Crippen molar-refractivity contribution in [3.05, 3.63) is 0 Å². The van der Waals surface area contributed by atoms with Crippen LogP contribution in [-0.4, -0.2) is 50.7 Å². The number of likely N-dealkylation sites (N-methyl/N-ethyl adjacent to an activating group) is 1. The van der Waals surface area contributed by atoms with Gasteiger partial charge in [0.15, 0.2) is 8.32 Å². The van der Waals surface area contributed by atoms with Crippen LogP contribution in [0.1, 0.15) is 27.2 Å². The van der Waals surface area contributed by atoms with Gasteiger partial charge in [-0.25, -0.2) is 0 Å². The zero-order chi connectivity index (χ0) is 12.6. The molecule has 1 aliphatic heterocycles. The molecule has 0 aromatic carbocycles.